The highest BCUT2D eigenvalue weighted by molar-refractivity contribution is 5.99. The molecule has 1 saturated heterocycles. The maximum absolute atomic E-state index is 13.9. The van der Waals surface area contributed by atoms with E-state index in [0.717, 1.165) is 5.56 Å². The minimum absolute atomic E-state index is 0.198. The van der Waals surface area contributed by atoms with Crippen LogP contribution in [0.1, 0.15) is 24.0 Å². The number of rotatable bonds is 7. The number of amides is 1. The number of benzene rings is 2. The molecule has 166 valence electrons. The number of hydrogen-bond donors (Lipinski definition) is 1. The maximum atomic E-state index is 13.9. The van der Waals surface area contributed by atoms with Crippen molar-refractivity contribution in [3.63, 3.8) is 0 Å². The van der Waals surface area contributed by atoms with E-state index in [9.17, 15) is 9.18 Å². The second kappa shape index (κ2) is 9.78. The van der Waals surface area contributed by atoms with Crippen LogP contribution in [0.2, 0.25) is 0 Å². The molecule has 1 aliphatic heterocycles. The van der Waals surface area contributed by atoms with Crippen molar-refractivity contribution in [1.29, 1.82) is 0 Å². The Morgan fingerprint density at radius 3 is 2.59 bits per heavy atom. The molecule has 0 bridgehead atoms. The van der Waals surface area contributed by atoms with Crippen LogP contribution in [-0.4, -0.2) is 31.2 Å². The zero-order chi connectivity index (χ0) is 22.4. The summed E-state index contributed by atoms with van der Waals surface area (Å²) in [6, 6.07) is 15.2. The smallest absolute Gasteiger partial charge is 0.235 e. The predicted octanol–water partition coefficient (Wildman–Crippen LogP) is 4.50. The lowest BCUT2D eigenvalue weighted by atomic mass is 9.73. The topological polar surface area (TPSA) is 69.7 Å². The van der Waals surface area contributed by atoms with E-state index < -0.39 is 5.41 Å². The molecule has 2 heterocycles. The fraction of sp³-hybridized carbons (Fsp3) is 0.280. The highest BCUT2D eigenvalue weighted by Crippen LogP contribution is 2.37. The number of carbonyl (C=O) groups excluding carboxylic acids is 1. The van der Waals surface area contributed by atoms with Crippen molar-refractivity contribution in [3.8, 4) is 11.5 Å². The second-order valence-electron chi connectivity index (χ2n) is 7.67. The zero-order valence-corrected chi connectivity index (χ0v) is 17.8. The molecule has 7 heteroatoms. The quantitative estimate of drug-likeness (QED) is 0.591. The number of halogens is 1. The van der Waals surface area contributed by atoms with Crippen molar-refractivity contribution in [2.45, 2.75) is 24.9 Å². The summed E-state index contributed by atoms with van der Waals surface area (Å²) in [5.74, 6) is 0.505. The fourth-order valence-corrected chi connectivity index (χ4v) is 3.91. The van der Waals surface area contributed by atoms with E-state index in [0.29, 0.717) is 55.4 Å². The minimum Gasteiger partial charge on any atom is -0.493 e. The molecular formula is C25H25FN2O4. The molecule has 1 N–H and O–H groups in total. The molecule has 0 spiro atoms. The maximum Gasteiger partial charge on any atom is 0.235 e. The highest BCUT2D eigenvalue weighted by Gasteiger charge is 2.42. The Hall–Kier alpha value is -3.45. The van der Waals surface area contributed by atoms with E-state index in [1.165, 1.54) is 12.1 Å². The van der Waals surface area contributed by atoms with Gasteiger partial charge < -0.3 is 19.5 Å². The monoisotopic (exact) mass is 436 g/mol. The standard InChI is InChI=1S/C25H25FN2O4/c1-30-22-6-5-21(16-23(22)32-17-18-7-11-27-12-8-18)28-24(29)25(9-13-31-14-10-25)19-3-2-4-20(26)15-19/h2-8,11-12,15-16H,9-10,13-14,17H2,1H3,(H,28,29). The molecule has 1 amide bonds. The summed E-state index contributed by atoms with van der Waals surface area (Å²) in [5.41, 5.74) is 1.32. The molecule has 3 aromatic rings. The Kier molecular flexibility index (Phi) is 6.66. The first kappa shape index (κ1) is 21.8. The van der Waals surface area contributed by atoms with Crippen LogP contribution >= 0.6 is 0 Å². The molecule has 6 nitrogen and oxygen atoms in total. The van der Waals surface area contributed by atoms with Crippen LogP contribution in [0.4, 0.5) is 10.1 Å². The van der Waals surface area contributed by atoms with Gasteiger partial charge in [-0.3, -0.25) is 9.78 Å². The number of pyridine rings is 1. The van der Waals surface area contributed by atoms with Gasteiger partial charge >= 0.3 is 0 Å². The molecule has 1 aromatic heterocycles. The zero-order valence-electron chi connectivity index (χ0n) is 17.8. The number of anilines is 1. The Labute approximate surface area is 186 Å². The van der Waals surface area contributed by atoms with Crippen LogP contribution in [0.25, 0.3) is 0 Å². The van der Waals surface area contributed by atoms with Crippen molar-refractivity contribution >= 4 is 11.6 Å². The lowest BCUT2D eigenvalue weighted by Crippen LogP contribution is -2.44. The van der Waals surface area contributed by atoms with Crippen LogP contribution in [0.3, 0.4) is 0 Å². The van der Waals surface area contributed by atoms with Crippen LogP contribution in [0, 0.1) is 5.82 Å². The molecule has 0 unspecified atom stereocenters. The van der Waals surface area contributed by atoms with Gasteiger partial charge in [-0.1, -0.05) is 12.1 Å². The lowest BCUT2D eigenvalue weighted by molar-refractivity contribution is -0.125. The molecule has 32 heavy (non-hydrogen) atoms. The van der Waals surface area contributed by atoms with Crippen molar-refractivity contribution in [2.24, 2.45) is 0 Å². The first-order valence-corrected chi connectivity index (χ1v) is 10.5. The third kappa shape index (κ3) is 4.73. The number of methoxy groups -OCH3 is 1. The van der Waals surface area contributed by atoms with Crippen molar-refractivity contribution in [3.05, 3.63) is 83.9 Å². The van der Waals surface area contributed by atoms with Gasteiger partial charge in [-0.25, -0.2) is 4.39 Å². The van der Waals surface area contributed by atoms with E-state index in [4.69, 9.17) is 14.2 Å². The van der Waals surface area contributed by atoms with Gasteiger partial charge in [0, 0.05) is 37.4 Å². The van der Waals surface area contributed by atoms with Gasteiger partial charge in [0.05, 0.1) is 12.5 Å². The average molecular weight is 436 g/mol. The molecule has 0 radical (unpaired) electrons. The second-order valence-corrected chi connectivity index (χ2v) is 7.67. The minimum atomic E-state index is -0.863. The van der Waals surface area contributed by atoms with Gasteiger partial charge in [-0.15, -0.1) is 0 Å². The van der Waals surface area contributed by atoms with Gasteiger partial charge in [0.2, 0.25) is 5.91 Å². The summed E-state index contributed by atoms with van der Waals surface area (Å²) in [5, 5.41) is 3.00. The van der Waals surface area contributed by atoms with E-state index in [1.54, 1.807) is 49.8 Å². The molecule has 1 fully saturated rings. The normalized spacial score (nSPS) is 15.1. The Morgan fingerprint density at radius 2 is 1.88 bits per heavy atom. The Bertz CT molecular complexity index is 1070. The number of carbonyl (C=O) groups is 1. The molecule has 0 aliphatic carbocycles. The Balaban J connectivity index is 1.57. The van der Waals surface area contributed by atoms with Crippen molar-refractivity contribution < 1.29 is 23.4 Å². The number of nitrogens with zero attached hydrogens (tertiary/aromatic N) is 1. The number of hydrogen-bond acceptors (Lipinski definition) is 5. The first-order chi connectivity index (χ1) is 15.6. The van der Waals surface area contributed by atoms with E-state index in [1.807, 2.05) is 12.1 Å². The number of nitrogens with one attached hydrogen (secondary N) is 1. The summed E-state index contributed by atoms with van der Waals surface area (Å²) >= 11 is 0. The van der Waals surface area contributed by atoms with E-state index >= 15 is 0 Å². The molecule has 0 atom stereocenters. The molecule has 0 saturated carbocycles. The van der Waals surface area contributed by atoms with Gasteiger partial charge in [-0.05, 0) is 60.4 Å². The molecule has 2 aromatic carbocycles. The van der Waals surface area contributed by atoms with Gasteiger partial charge in [0.1, 0.15) is 12.4 Å². The van der Waals surface area contributed by atoms with Gasteiger partial charge in [0.15, 0.2) is 11.5 Å². The molecule has 4 rings (SSSR count). The van der Waals surface area contributed by atoms with Gasteiger partial charge in [0.25, 0.3) is 0 Å². The summed E-state index contributed by atoms with van der Waals surface area (Å²) in [4.78, 5) is 17.5. The van der Waals surface area contributed by atoms with Crippen LogP contribution < -0.4 is 14.8 Å². The number of aromatic nitrogens is 1. The van der Waals surface area contributed by atoms with E-state index in [-0.39, 0.29) is 11.7 Å². The summed E-state index contributed by atoms with van der Waals surface area (Å²) in [6.07, 6.45) is 4.35. The van der Waals surface area contributed by atoms with Crippen LogP contribution in [-0.2, 0) is 21.6 Å². The predicted molar refractivity (Wildman–Crippen MR) is 118 cm³/mol. The lowest BCUT2D eigenvalue weighted by Gasteiger charge is -2.36. The fourth-order valence-electron chi connectivity index (χ4n) is 3.91. The number of ether oxygens (including phenoxy) is 3. The summed E-state index contributed by atoms with van der Waals surface area (Å²) in [6.45, 7) is 1.21. The van der Waals surface area contributed by atoms with E-state index in [2.05, 4.69) is 10.3 Å². The summed E-state index contributed by atoms with van der Waals surface area (Å²) < 4.78 is 30.8. The average Bonchev–Trinajstić information content (AvgIpc) is 2.84. The largest absolute Gasteiger partial charge is 0.493 e. The molecule has 1 aliphatic rings. The third-order valence-electron chi connectivity index (χ3n) is 5.72. The summed E-state index contributed by atoms with van der Waals surface area (Å²) in [7, 11) is 1.56. The van der Waals surface area contributed by atoms with Crippen molar-refractivity contribution in [1.82, 2.24) is 4.98 Å². The van der Waals surface area contributed by atoms with Crippen LogP contribution in [0.5, 0.6) is 11.5 Å². The Morgan fingerprint density at radius 1 is 1.09 bits per heavy atom. The van der Waals surface area contributed by atoms with Crippen molar-refractivity contribution in [2.75, 3.05) is 25.6 Å². The SMILES string of the molecule is COc1ccc(NC(=O)C2(c3cccc(F)c3)CCOCC2)cc1OCc1ccncc1. The van der Waals surface area contributed by atoms with Gasteiger partial charge in [-0.2, -0.15) is 0 Å². The first-order valence-electron chi connectivity index (χ1n) is 10.5. The highest BCUT2D eigenvalue weighted by atomic mass is 19.1. The van der Waals surface area contributed by atoms with Crippen LogP contribution in [0.15, 0.2) is 67.0 Å². The third-order valence-corrected chi connectivity index (χ3v) is 5.72. The molecular weight excluding hydrogens is 411 g/mol.